The van der Waals surface area contributed by atoms with Gasteiger partial charge in [0.1, 0.15) is 0 Å². The summed E-state index contributed by atoms with van der Waals surface area (Å²) >= 11 is 0. The number of nitrogens with one attached hydrogen (secondary N) is 1. The molecule has 5 heteroatoms. The summed E-state index contributed by atoms with van der Waals surface area (Å²) in [4.78, 5) is 0. The van der Waals surface area contributed by atoms with Crippen molar-refractivity contribution in [3.05, 3.63) is 0 Å². The summed E-state index contributed by atoms with van der Waals surface area (Å²) in [6.45, 7) is 0. The third kappa shape index (κ3) is 2.00. The van der Waals surface area contributed by atoms with Crippen LogP contribution >= 0.6 is 0 Å². The third-order valence-electron chi connectivity index (χ3n) is 2.70. The Morgan fingerprint density at radius 3 is 2.46 bits per heavy atom. The van der Waals surface area contributed by atoms with Gasteiger partial charge in [-0.05, 0) is 13.5 Å². The van der Waals surface area contributed by atoms with E-state index in [0.717, 1.165) is 0 Å². The van der Waals surface area contributed by atoms with Crippen molar-refractivity contribution in [3.8, 4) is 0 Å². The summed E-state index contributed by atoms with van der Waals surface area (Å²) in [7, 11) is 3.30. The number of aliphatic hydroxyl groups excluding tert-OH is 2. The molecule has 0 heterocycles. The van der Waals surface area contributed by atoms with Gasteiger partial charge >= 0.3 is 0 Å². The number of hydrogen-bond acceptors (Lipinski definition) is 5. The molecule has 0 bridgehead atoms. The van der Waals surface area contributed by atoms with E-state index in [4.69, 9.17) is 10.5 Å². The van der Waals surface area contributed by atoms with Crippen LogP contribution in [0.2, 0.25) is 0 Å². The molecule has 5 atom stereocenters. The van der Waals surface area contributed by atoms with Gasteiger partial charge < -0.3 is 26.0 Å². The minimum atomic E-state index is -0.871. The van der Waals surface area contributed by atoms with Crippen molar-refractivity contribution in [3.63, 3.8) is 0 Å². The van der Waals surface area contributed by atoms with Gasteiger partial charge in [0.2, 0.25) is 0 Å². The van der Waals surface area contributed by atoms with Crippen molar-refractivity contribution in [1.29, 1.82) is 0 Å². The van der Waals surface area contributed by atoms with E-state index in [0.29, 0.717) is 6.42 Å². The van der Waals surface area contributed by atoms with Crippen LogP contribution < -0.4 is 11.1 Å². The monoisotopic (exact) mass is 190 g/mol. The second-order valence-electron chi connectivity index (χ2n) is 3.47. The molecule has 1 saturated carbocycles. The van der Waals surface area contributed by atoms with Crippen molar-refractivity contribution in [2.45, 2.75) is 36.8 Å². The molecule has 1 aliphatic carbocycles. The molecule has 0 spiro atoms. The SMILES string of the molecule is CN[C@H]1[C@@H](O)[C@H](O)[C@H](N)C[C@@H]1OC. The van der Waals surface area contributed by atoms with Crippen molar-refractivity contribution < 1.29 is 14.9 Å². The Balaban J connectivity index is 2.69. The second kappa shape index (κ2) is 4.34. The van der Waals surface area contributed by atoms with Gasteiger partial charge in [0.25, 0.3) is 0 Å². The Hall–Kier alpha value is -0.200. The summed E-state index contributed by atoms with van der Waals surface area (Å²) in [6, 6.07) is -0.663. The highest BCUT2D eigenvalue weighted by Gasteiger charge is 2.41. The van der Waals surface area contributed by atoms with Gasteiger partial charge in [-0.25, -0.2) is 0 Å². The van der Waals surface area contributed by atoms with Crippen LogP contribution in [0.5, 0.6) is 0 Å². The number of methoxy groups -OCH3 is 1. The first-order valence-corrected chi connectivity index (χ1v) is 4.43. The number of likely N-dealkylation sites (N-methyl/N-ethyl adjacent to an activating group) is 1. The highest BCUT2D eigenvalue weighted by atomic mass is 16.5. The summed E-state index contributed by atoms with van der Waals surface area (Å²) in [5, 5.41) is 22.0. The highest BCUT2D eigenvalue weighted by Crippen LogP contribution is 2.21. The van der Waals surface area contributed by atoms with E-state index in [1.807, 2.05) is 0 Å². The van der Waals surface area contributed by atoms with Crippen molar-refractivity contribution in [2.75, 3.05) is 14.2 Å². The minimum Gasteiger partial charge on any atom is -0.389 e. The van der Waals surface area contributed by atoms with Crippen molar-refractivity contribution >= 4 is 0 Å². The Morgan fingerprint density at radius 2 is 2.00 bits per heavy atom. The Labute approximate surface area is 77.9 Å². The lowest BCUT2D eigenvalue weighted by Gasteiger charge is -2.40. The molecule has 1 aliphatic rings. The quantitative estimate of drug-likeness (QED) is 0.406. The van der Waals surface area contributed by atoms with E-state index in [2.05, 4.69) is 5.32 Å². The van der Waals surface area contributed by atoms with Gasteiger partial charge in [-0.3, -0.25) is 0 Å². The maximum Gasteiger partial charge on any atom is 0.0992 e. The zero-order valence-corrected chi connectivity index (χ0v) is 7.97. The van der Waals surface area contributed by atoms with E-state index >= 15 is 0 Å². The van der Waals surface area contributed by atoms with E-state index in [1.165, 1.54) is 0 Å². The van der Waals surface area contributed by atoms with Crippen molar-refractivity contribution in [2.24, 2.45) is 5.73 Å². The normalized spacial score (nSPS) is 46.4. The summed E-state index contributed by atoms with van der Waals surface area (Å²) in [5.41, 5.74) is 5.63. The smallest absolute Gasteiger partial charge is 0.0992 e. The number of ether oxygens (including phenoxy) is 1. The number of rotatable bonds is 2. The molecule has 0 radical (unpaired) electrons. The van der Waals surface area contributed by atoms with Gasteiger partial charge in [0, 0.05) is 13.2 Å². The average Bonchev–Trinajstić information content (AvgIpc) is 2.13. The van der Waals surface area contributed by atoms with E-state index in [-0.39, 0.29) is 12.1 Å². The molecule has 0 aromatic rings. The lowest BCUT2D eigenvalue weighted by molar-refractivity contribution is -0.0935. The van der Waals surface area contributed by atoms with Gasteiger partial charge in [-0.1, -0.05) is 0 Å². The van der Waals surface area contributed by atoms with E-state index < -0.39 is 18.2 Å². The van der Waals surface area contributed by atoms with Crippen molar-refractivity contribution in [1.82, 2.24) is 5.32 Å². The maximum atomic E-state index is 9.64. The third-order valence-corrected chi connectivity index (χ3v) is 2.70. The first-order chi connectivity index (χ1) is 6.11. The summed E-state index contributed by atoms with van der Waals surface area (Å²) in [6.07, 6.45) is -1.32. The molecule has 0 saturated heterocycles. The molecule has 5 N–H and O–H groups in total. The fraction of sp³-hybridized carbons (Fsp3) is 1.00. The summed E-state index contributed by atoms with van der Waals surface area (Å²) in [5.74, 6) is 0. The molecule has 1 fully saturated rings. The van der Waals surface area contributed by atoms with Crippen LogP contribution in [0, 0.1) is 0 Å². The lowest BCUT2D eigenvalue weighted by atomic mass is 9.84. The highest BCUT2D eigenvalue weighted by molar-refractivity contribution is 4.98. The van der Waals surface area contributed by atoms with E-state index in [9.17, 15) is 10.2 Å². The Bertz CT molecular complexity index is 165. The first-order valence-electron chi connectivity index (χ1n) is 4.43. The van der Waals surface area contributed by atoms with Crippen LogP contribution in [0.15, 0.2) is 0 Å². The standard InChI is InChI=1S/C8H18N2O3/c1-10-6-5(13-2)3-4(9)7(11)8(6)12/h4-8,10-12H,3,9H2,1-2H3/t4-,5+,6-,7-,8-/m1/s1. The van der Waals surface area contributed by atoms with Gasteiger partial charge in [-0.15, -0.1) is 0 Å². The molecule has 0 aromatic carbocycles. The summed E-state index contributed by atoms with van der Waals surface area (Å²) < 4.78 is 5.17. The molecule has 0 unspecified atom stereocenters. The van der Waals surface area contributed by atoms with Crippen LogP contribution in [0.3, 0.4) is 0 Å². The molecule has 0 aromatic heterocycles. The maximum absolute atomic E-state index is 9.64. The Kier molecular flexibility index (Phi) is 3.63. The van der Waals surface area contributed by atoms with Crippen LogP contribution in [0.4, 0.5) is 0 Å². The molecule has 5 nitrogen and oxygen atoms in total. The van der Waals surface area contributed by atoms with Crippen LogP contribution in [0.1, 0.15) is 6.42 Å². The minimum absolute atomic E-state index is 0.140. The van der Waals surface area contributed by atoms with Crippen LogP contribution in [-0.4, -0.2) is 54.8 Å². The van der Waals surface area contributed by atoms with Gasteiger partial charge in [0.15, 0.2) is 0 Å². The molecular formula is C8H18N2O3. The van der Waals surface area contributed by atoms with E-state index in [1.54, 1.807) is 14.2 Å². The van der Waals surface area contributed by atoms with Crippen LogP contribution in [-0.2, 0) is 4.74 Å². The zero-order valence-electron chi connectivity index (χ0n) is 7.97. The lowest BCUT2D eigenvalue weighted by Crippen LogP contribution is -2.63. The second-order valence-corrected chi connectivity index (χ2v) is 3.47. The average molecular weight is 190 g/mol. The molecule has 0 amide bonds. The first kappa shape index (κ1) is 10.9. The molecule has 0 aliphatic heterocycles. The topological polar surface area (TPSA) is 87.7 Å². The predicted molar refractivity (Wildman–Crippen MR) is 48.3 cm³/mol. The molecule has 13 heavy (non-hydrogen) atoms. The van der Waals surface area contributed by atoms with Crippen LogP contribution in [0.25, 0.3) is 0 Å². The predicted octanol–water partition coefficient (Wildman–Crippen LogP) is -1.96. The number of hydrogen-bond donors (Lipinski definition) is 4. The largest absolute Gasteiger partial charge is 0.389 e. The Morgan fingerprint density at radius 1 is 1.38 bits per heavy atom. The fourth-order valence-corrected chi connectivity index (χ4v) is 1.84. The number of aliphatic hydroxyl groups is 2. The zero-order chi connectivity index (χ0) is 10.0. The van der Waals surface area contributed by atoms with Gasteiger partial charge in [-0.2, -0.15) is 0 Å². The fourth-order valence-electron chi connectivity index (χ4n) is 1.84. The van der Waals surface area contributed by atoms with Gasteiger partial charge in [0.05, 0.1) is 24.4 Å². The number of nitrogens with two attached hydrogens (primary N) is 1. The molecule has 78 valence electrons. The molecule has 1 rings (SSSR count). The molecular weight excluding hydrogens is 172 g/mol.